The summed E-state index contributed by atoms with van der Waals surface area (Å²) in [6, 6.07) is 30.0. The minimum atomic E-state index is 0.603. The maximum absolute atomic E-state index is 2.29. The molecule has 0 radical (unpaired) electrons. The van der Waals surface area contributed by atoms with E-state index < -0.39 is 0 Å². The lowest BCUT2D eigenvalue weighted by atomic mass is 9.98. The van der Waals surface area contributed by atoms with Gasteiger partial charge in [0.05, 0.1) is 0 Å². The van der Waals surface area contributed by atoms with Crippen molar-refractivity contribution in [3.05, 3.63) is 90.5 Å². The molecule has 0 N–H and O–H groups in total. The van der Waals surface area contributed by atoms with E-state index in [4.69, 9.17) is 0 Å². The monoisotopic (exact) mass is 301 g/mol. The van der Waals surface area contributed by atoms with Crippen LogP contribution in [0.25, 0.3) is 0 Å². The van der Waals surface area contributed by atoms with Gasteiger partial charge in [-0.1, -0.05) is 62.4 Å². The van der Waals surface area contributed by atoms with E-state index in [0.717, 1.165) is 0 Å². The number of hydrogen-bond donors (Lipinski definition) is 0. The van der Waals surface area contributed by atoms with Gasteiger partial charge >= 0.3 is 0 Å². The molecule has 1 unspecified atom stereocenters. The first-order valence-corrected chi connectivity index (χ1v) is 8.29. The standard InChI is InChI=1S/C22H23N/c1-3-18(2)19-14-16-22(17-15-19)23(20-10-6-4-7-11-20)21-12-8-5-9-13-21/h4-18H,3H2,1-2H3. The Labute approximate surface area is 139 Å². The fourth-order valence-corrected chi connectivity index (χ4v) is 2.79. The van der Waals surface area contributed by atoms with Gasteiger partial charge in [-0.3, -0.25) is 0 Å². The third-order valence-electron chi connectivity index (χ3n) is 4.36. The molecule has 0 bridgehead atoms. The van der Waals surface area contributed by atoms with Crippen LogP contribution in [0.2, 0.25) is 0 Å². The topological polar surface area (TPSA) is 3.24 Å². The molecule has 0 aromatic heterocycles. The summed E-state index contributed by atoms with van der Waals surface area (Å²) in [5, 5.41) is 0. The maximum atomic E-state index is 2.29. The maximum Gasteiger partial charge on any atom is 0.0461 e. The van der Waals surface area contributed by atoms with E-state index in [-0.39, 0.29) is 0 Å². The van der Waals surface area contributed by atoms with Gasteiger partial charge in [0.25, 0.3) is 0 Å². The molecule has 0 saturated heterocycles. The summed E-state index contributed by atoms with van der Waals surface area (Å²) < 4.78 is 0. The average molecular weight is 301 g/mol. The van der Waals surface area contributed by atoms with Crippen LogP contribution in [0.1, 0.15) is 31.7 Å². The van der Waals surface area contributed by atoms with E-state index >= 15 is 0 Å². The summed E-state index contributed by atoms with van der Waals surface area (Å²) in [5.74, 6) is 0.603. The third-order valence-corrected chi connectivity index (χ3v) is 4.36. The Kier molecular flexibility index (Phi) is 4.77. The summed E-state index contributed by atoms with van der Waals surface area (Å²) >= 11 is 0. The van der Waals surface area contributed by atoms with Crippen molar-refractivity contribution in [1.82, 2.24) is 0 Å². The lowest BCUT2D eigenvalue weighted by Crippen LogP contribution is -2.09. The molecular formula is C22H23N. The van der Waals surface area contributed by atoms with Gasteiger partial charge in [-0.15, -0.1) is 0 Å². The van der Waals surface area contributed by atoms with Crippen molar-refractivity contribution in [3.63, 3.8) is 0 Å². The Balaban J connectivity index is 2.02. The molecule has 23 heavy (non-hydrogen) atoms. The molecular weight excluding hydrogens is 278 g/mol. The number of rotatable bonds is 5. The van der Waals surface area contributed by atoms with Crippen molar-refractivity contribution >= 4 is 17.1 Å². The minimum Gasteiger partial charge on any atom is -0.311 e. The van der Waals surface area contributed by atoms with Gasteiger partial charge in [0.2, 0.25) is 0 Å². The van der Waals surface area contributed by atoms with Crippen LogP contribution in [0.5, 0.6) is 0 Å². The Morgan fingerprint density at radius 3 is 1.52 bits per heavy atom. The average Bonchev–Trinajstić information content (AvgIpc) is 2.64. The lowest BCUT2D eigenvalue weighted by Gasteiger charge is -2.25. The zero-order valence-electron chi connectivity index (χ0n) is 13.8. The van der Waals surface area contributed by atoms with Gasteiger partial charge < -0.3 is 4.90 Å². The summed E-state index contributed by atoms with van der Waals surface area (Å²) in [4.78, 5) is 2.29. The van der Waals surface area contributed by atoms with E-state index in [1.54, 1.807) is 0 Å². The lowest BCUT2D eigenvalue weighted by molar-refractivity contribution is 0.733. The van der Waals surface area contributed by atoms with E-state index in [1.807, 2.05) is 0 Å². The summed E-state index contributed by atoms with van der Waals surface area (Å²) in [6.07, 6.45) is 1.17. The van der Waals surface area contributed by atoms with Crippen LogP contribution in [0.15, 0.2) is 84.9 Å². The third kappa shape index (κ3) is 3.45. The highest BCUT2D eigenvalue weighted by Gasteiger charge is 2.12. The first-order chi connectivity index (χ1) is 11.3. The molecule has 3 aromatic rings. The number of hydrogen-bond acceptors (Lipinski definition) is 1. The van der Waals surface area contributed by atoms with Gasteiger partial charge in [0, 0.05) is 17.1 Å². The largest absolute Gasteiger partial charge is 0.311 e. The Bertz CT molecular complexity index is 677. The summed E-state index contributed by atoms with van der Waals surface area (Å²) in [6.45, 7) is 4.51. The molecule has 3 rings (SSSR count). The molecule has 0 heterocycles. The number of benzene rings is 3. The first-order valence-electron chi connectivity index (χ1n) is 8.29. The highest BCUT2D eigenvalue weighted by Crippen LogP contribution is 2.34. The van der Waals surface area contributed by atoms with Gasteiger partial charge in [0.1, 0.15) is 0 Å². The highest BCUT2D eigenvalue weighted by atomic mass is 15.1. The van der Waals surface area contributed by atoms with E-state index in [2.05, 4.69) is 104 Å². The molecule has 1 atom stereocenters. The van der Waals surface area contributed by atoms with Gasteiger partial charge in [-0.25, -0.2) is 0 Å². The smallest absolute Gasteiger partial charge is 0.0461 e. The molecule has 0 spiro atoms. The van der Waals surface area contributed by atoms with Gasteiger partial charge in [0.15, 0.2) is 0 Å². The van der Waals surface area contributed by atoms with Crippen molar-refractivity contribution < 1.29 is 0 Å². The second-order valence-corrected chi connectivity index (χ2v) is 5.91. The van der Waals surface area contributed by atoms with Crippen LogP contribution in [0.3, 0.4) is 0 Å². The van der Waals surface area contributed by atoms with Crippen molar-refractivity contribution in [2.45, 2.75) is 26.2 Å². The predicted octanol–water partition coefficient (Wildman–Crippen LogP) is 6.67. The van der Waals surface area contributed by atoms with Gasteiger partial charge in [-0.2, -0.15) is 0 Å². The zero-order valence-corrected chi connectivity index (χ0v) is 13.8. The molecule has 0 amide bonds. The molecule has 0 aliphatic heterocycles. The molecule has 116 valence electrons. The van der Waals surface area contributed by atoms with Crippen molar-refractivity contribution in [3.8, 4) is 0 Å². The molecule has 0 saturated carbocycles. The number of nitrogens with zero attached hydrogens (tertiary/aromatic N) is 1. The SMILES string of the molecule is CCC(C)c1ccc(N(c2ccccc2)c2ccccc2)cc1. The van der Waals surface area contributed by atoms with Crippen LogP contribution in [0.4, 0.5) is 17.1 Å². The Hall–Kier alpha value is -2.54. The van der Waals surface area contributed by atoms with Crippen molar-refractivity contribution in [2.75, 3.05) is 4.90 Å². The number of para-hydroxylation sites is 2. The van der Waals surface area contributed by atoms with Crippen LogP contribution >= 0.6 is 0 Å². The molecule has 0 fully saturated rings. The second-order valence-electron chi connectivity index (χ2n) is 5.91. The molecule has 1 heteroatoms. The fraction of sp³-hybridized carbons (Fsp3) is 0.182. The second kappa shape index (κ2) is 7.15. The fourth-order valence-electron chi connectivity index (χ4n) is 2.79. The zero-order chi connectivity index (χ0) is 16.1. The van der Waals surface area contributed by atoms with E-state index in [0.29, 0.717) is 5.92 Å². The van der Waals surface area contributed by atoms with E-state index in [1.165, 1.54) is 29.0 Å². The number of anilines is 3. The quantitative estimate of drug-likeness (QED) is 0.508. The van der Waals surface area contributed by atoms with Crippen LogP contribution < -0.4 is 4.90 Å². The normalized spacial score (nSPS) is 11.9. The Morgan fingerprint density at radius 1 is 0.652 bits per heavy atom. The van der Waals surface area contributed by atoms with Crippen LogP contribution in [0, 0.1) is 0 Å². The predicted molar refractivity (Wildman–Crippen MR) is 99.8 cm³/mol. The Morgan fingerprint density at radius 2 is 1.09 bits per heavy atom. The highest BCUT2D eigenvalue weighted by molar-refractivity contribution is 5.76. The van der Waals surface area contributed by atoms with Crippen LogP contribution in [-0.4, -0.2) is 0 Å². The minimum absolute atomic E-state index is 0.603. The molecule has 0 aliphatic carbocycles. The summed E-state index contributed by atoms with van der Waals surface area (Å²) in [7, 11) is 0. The molecule has 1 nitrogen and oxygen atoms in total. The van der Waals surface area contributed by atoms with Gasteiger partial charge in [-0.05, 0) is 54.3 Å². The molecule has 3 aromatic carbocycles. The van der Waals surface area contributed by atoms with Crippen molar-refractivity contribution in [1.29, 1.82) is 0 Å². The van der Waals surface area contributed by atoms with Crippen LogP contribution in [-0.2, 0) is 0 Å². The van der Waals surface area contributed by atoms with E-state index in [9.17, 15) is 0 Å². The first kappa shape index (κ1) is 15.4. The molecule has 0 aliphatic rings. The van der Waals surface area contributed by atoms with Crippen molar-refractivity contribution in [2.24, 2.45) is 0 Å². The summed E-state index contributed by atoms with van der Waals surface area (Å²) in [5.41, 5.74) is 4.94.